The van der Waals surface area contributed by atoms with Gasteiger partial charge in [-0.05, 0) is 25.0 Å². The van der Waals surface area contributed by atoms with Crippen LogP contribution in [0.5, 0.6) is 0 Å². The SMILES string of the molecule is CCCCCCCCCCCCCCCC(=O)O[C@H](COC(=O)CCCCCCCCCCCCS)COP(=O)(O)OC1C(O)[C@H](OP(=O)(O)O)C(OP(=O)(O)O)[C@H](O)[C@@H]1O. The Labute approximate surface area is 366 Å². The van der Waals surface area contributed by atoms with Crippen LogP contribution in [0.15, 0.2) is 0 Å². The zero-order valence-electron chi connectivity index (χ0n) is 35.7. The van der Waals surface area contributed by atoms with E-state index >= 15 is 0 Å². The molecule has 0 bridgehead atoms. The van der Waals surface area contributed by atoms with Crippen LogP contribution in [0, 0.1) is 0 Å². The Balaban J connectivity index is 2.77. The topological polar surface area (TPSA) is 303 Å². The van der Waals surface area contributed by atoms with Crippen molar-refractivity contribution >= 4 is 48.0 Å². The van der Waals surface area contributed by atoms with E-state index < -0.39 is 91.3 Å². The number of phosphoric acid groups is 3. The van der Waals surface area contributed by atoms with Crippen LogP contribution in [-0.4, -0.2) is 113 Å². The summed E-state index contributed by atoms with van der Waals surface area (Å²) in [7, 11) is -16.6. The first kappa shape index (κ1) is 58.5. The standard InChI is InChI=1S/C38H75O19P3S/c1-2-3-4-5-6-7-8-9-10-14-17-20-23-26-32(40)54-30(28-52-31(39)25-22-19-16-13-11-12-15-18-21-24-27-61)29-53-60(50,51)57-36-33(41)34(42)37(55-58(44,45)46)38(35(36)43)56-59(47,48)49/h30,33-38,41-43,61H,2-29H2,1H3,(H,50,51)(H2,44,45,46)(H2,47,48,49)/t30-,33+,34-,35?,36?,37?,38+/m1/s1. The van der Waals surface area contributed by atoms with Crippen molar-refractivity contribution in [2.24, 2.45) is 0 Å². The molecule has 0 aromatic heterocycles. The summed E-state index contributed by atoms with van der Waals surface area (Å²) in [5, 5.41) is 31.8. The zero-order chi connectivity index (χ0) is 45.7. The van der Waals surface area contributed by atoms with Gasteiger partial charge >= 0.3 is 35.4 Å². The van der Waals surface area contributed by atoms with Gasteiger partial charge in [-0.15, -0.1) is 0 Å². The maximum Gasteiger partial charge on any atom is 0.472 e. The molecule has 0 spiro atoms. The second-order valence-electron chi connectivity index (χ2n) is 15.7. The minimum atomic E-state index is -5.59. The number of aliphatic hydroxyl groups excluding tert-OH is 3. The van der Waals surface area contributed by atoms with Crippen LogP contribution in [0.4, 0.5) is 0 Å². The fourth-order valence-corrected chi connectivity index (χ4v) is 9.24. The van der Waals surface area contributed by atoms with E-state index in [0.717, 1.165) is 70.0 Å². The highest BCUT2D eigenvalue weighted by Crippen LogP contribution is 2.51. The van der Waals surface area contributed by atoms with Gasteiger partial charge in [0.25, 0.3) is 0 Å². The van der Waals surface area contributed by atoms with Crippen LogP contribution in [0.3, 0.4) is 0 Å². The number of aliphatic hydroxyl groups is 3. The van der Waals surface area contributed by atoms with Gasteiger partial charge in [0.2, 0.25) is 0 Å². The summed E-state index contributed by atoms with van der Waals surface area (Å²) in [5.41, 5.74) is 0. The predicted octanol–water partition coefficient (Wildman–Crippen LogP) is 6.70. The molecule has 4 unspecified atom stereocenters. The van der Waals surface area contributed by atoms with Crippen molar-refractivity contribution in [2.75, 3.05) is 19.0 Å². The van der Waals surface area contributed by atoms with E-state index in [4.69, 9.17) is 18.5 Å². The van der Waals surface area contributed by atoms with Crippen LogP contribution in [-0.2, 0) is 50.9 Å². The van der Waals surface area contributed by atoms with Gasteiger partial charge in [-0.25, -0.2) is 13.7 Å². The molecule has 362 valence electrons. The first-order chi connectivity index (χ1) is 28.8. The van der Waals surface area contributed by atoms with Gasteiger partial charge in [-0.3, -0.25) is 27.7 Å². The third-order valence-corrected chi connectivity index (χ3v) is 12.6. The van der Waals surface area contributed by atoms with E-state index in [2.05, 4.69) is 28.6 Å². The van der Waals surface area contributed by atoms with Crippen LogP contribution in [0.1, 0.15) is 167 Å². The van der Waals surface area contributed by atoms with E-state index in [1.54, 1.807) is 0 Å². The molecule has 0 aromatic carbocycles. The number of carbonyl (C=O) groups is 2. The molecule has 23 heteroatoms. The van der Waals surface area contributed by atoms with E-state index in [9.17, 15) is 63.1 Å². The number of phosphoric ester groups is 3. The highest BCUT2D eigenvalue weighted by molar-refractivity contribution is 7.80. The lowest BCUT2D eigenvalue weighted by molar-refractivity contribution is -0.213. The summed E-state index contributed by atoms with van der Waals surface area (Å²) in [6, 6.07) is 0. The summed E-state index contributed by atoms with van der Waals surface area (Å²) < 4.78 is 65.3. The normalized spacial score (nSPS) is 22.5. The fourth-order valence-electron chi connectivity index (χ4n) is 6.92. The Morgan fingerprint density at radius 3 is 1.31 bits per heavy atom. The van der Waals surface area contributed by atoms with Crippen molar-refractivity contribution in [2.45, 2.75) is 210 Å². The molecule has 1 rings (SSSR count). The van der Waals surface area contributed by atoms with Crippen molar-refractivity contribution in [1.82, 2.24) is 0 Å². The number of ether oxygens (including phenoxy) is 2. The van der Waals surface area contributed by atoms with Gasteiger partial charge in [0, 0.05) is 12.8 Å². The second-order valence-corrected chi connectivity index (χ2v) is 20.0. The highest BCUT2D eigenvalue weighted by atomic mass is 32.1. The molecule has 1 aliphatic carbocycles. The number of unbranched alkanes of at least 4 members (excludes halogenated alkanes) is 21. The van der Waals surface area contributed by atoms with Crippen molar-refractivity contribution < 1.29 is 90.6 Å². The lowest BCUT2D eigenvalue weighted by atomic mass is 9.85. The Morgan fingerprint density at radius 1 is 0.508 bits per heavy atom. The Kier molecular flexibility index (Phi) is 31.7. The zero-order valence-corrected chi connectivity index (χ0v) is 39.3. The van der Waals surface area contributed by atoms with Gasteiger partial charge in [0.1, 0.15) is 43.2 Å². The van der Waals surface area contributed by atoms with Crippen molar-refractivity contribution in [1.29, 1.82) is 0 Å². The predicted molar refractivity (Wildman–Crippen MR) is 228 cm³/mol. The van der Waals surface area contributed by atoms with E-state index in [1.165, 1.54) is 70.6 Å². The third-order valence-electron chi connectivity index (χ3n) is 10.2. The van der Waals surface area contributed by atoms with Gasteiger partial charge in [-0.2, -0.15) is 12.6 Å². The molecule has 1 fully saturated rings. The molecule has 0 amide bonds. The second kappa shape index (κ2) is 33.0. The van der Waals surface area contributed by atoms with Crippen molar-refractivity contribution in [3.8, 4) is 0 Å². The maximum atomic E-state index is 13.1. The molecular weight excluding hydrogens is 885 g/mol. The van der Waals surface area contributed by atoms with Gasteiger partial charge in [0.05, 0.1) is 6.61 Å². The number of carbonyl (C=O) groups excluding carboxylic acids is 2. The average molecular weight is 961 g/mol. The monoisotopic (exact) mass is 960 g/mol. The largest absolute Gasteiger partial charge is 0.472 e. The molecule has 0 radical (unpaired) electrons. The summed E-state index contributed by atoms with van der Waals surface area (Å²) in [5.74, 6) is -0.393. The van der Waals surface area contributed by atoms with Gasteiger partial charge < -0.3 is 49.3 Å². The summed E-state index contributed by atoms with van der Waals surface area (Å²) in [4.78, 5) is 72.9. The Bertz CT molecular complexity index is 1320. The minimum Gasteiger partial charge on any atom is -0.462 e. The number of thiol groups is 1. The molecule has 8 N–H and O–H groups in total. The molecule has 19 nitrogen and oxygen atoms in total. The first-order valence-electron chi connectivity index (χ1n) is 21.9. The van der Waals surface area contributed by atoms with Crippen LogP contribution < -0.4 is 0 Å². The lowest BCUT2D eigenvalue weighted by Gasteiger charge is -2.44. The third kappa shape index (κ3) is 29.6. The number of esters is 2. The van der Waals surface area contributed by atoms with Crippen LogP contribution >= 0.6 is 36.1 Å². The maximum absolute atomic E-state index is 13.1. The number of rotatable bonds is 38. The molecule has 61 heavy (non-hydrogen) atoms. The first-order valence-corrected chi connectivity index (χ1v) is 27.1. The molecular formula is C38H75O19P3S. The molecule has 0 saturated heterocycles. The average Bonchev–Trinajstić information content (AvgIpc) is 3.18. The summed E-state index contributed by atoms with van der Waals surface area (Å²) in [6.07, 6.45) is 8.38. The van der Waals surface area contributed by atoms with E-state index in [1.807, 2.05) is 0 Å². The van der Waals surface area contributed by atoms with E-state index in [0.29, 0.717) is 12.8 Å². The molecule has 8 atom stereocenters. The van der Waals surface area contributed by atoms with E-state index in [-0.39, 0.29) is 12.8 Å². The van der Waals surface area contributed by atoms with Crippen LogP contribution in [0.2, 0.25) is 0 Å². The molecule has 0 aliphatic heterocycles. The van der Waals surface area contributed by atoms with Crippen molar-refractivity contribution in [3.63, 3.8) is 0 Å². The molecule has 0 aromatic rings. The highest BCUT2D eigenvalue weighted by Gasteiger charge is 2.56. The van der Waals surface area contributed by atoms with Gasteiger partial charge in [-0.1, -0.05) is 135 Å². The summed E-state index contributed by atoms with van der Waals surface area (Å²) in [6.45, 7) is 0.725. The molecule has 0 heterocycles. The smallest absolute Gasteiger partial charge is 0.462 e. The fraction of sp³-hybridized carbons (Fsp3) is 0.947. The molecule has 1 saturated carbocycles. The Hall–Kier alpha value is -0.500. The quantitative estimate of drug-likeness (QED) is 0.0135. The molecule has 1 aliphatic rings. The number of hydrogen-bond donors (Lipinski definition) is 9. The van der Waals surface area contributed by atoms with Crippen LogP contribution in [0.25, 0.3) is 0 Å². The Morgan fingerprint density at radius 2 is 0.885 bits per heavy atom. The number of hydrogen-bond acceptors (Lipinski definition) is 15. The minimum absolute atomic E-state index is 0.00229. The lowest BCUT2D eigenvalue weighted by Crippen LogP contribution is -2.65. The van der Waals surface area contributed by atoms with Crippen molar-refractivity contribution in [3.05, 3.63) is 0 Å². The summed E-state index contributed by atoms with van der Waals surface area (Å²) >= 11 is 4.22. The van der Waals surface area contributed by atoms with Gasteiger partial charge in [0.15, 0.2) is 6.10 Å².